The molecule has 2 aromatic rings. The lowest BCUT2D eigenvalue weighted by Gasteiger charge is -2.14. The molecule has 0 saturated heterocycles. The number of anilines is 2. The molecular formula is C16H16F3N3O3S. The van der Waals surface area contributed by atoms with E-state index in [9.17, 15) is 22.8 Å². The molecule has 1 amide bonds. The van der Waals surface area contributed by atoms with Gasteiger partial charge >= 0.3 is 12.1 Å². The summed E-state index contributed by atoms with van der Waals surface area (Å²) in [5.41, 5.74) is 0.0524. The van der Waals surface area contributed by atoms with Crippen LogP contribution in [0.15, 0.2) is 24.3 Å². The van der Waals surface area contributed by atoms with Gasteiger partial charge in [-0.25, -0.2) is 4.79 Å². The Morgan fingerprint density at radius 2 is 1.85 bits per heavy atom. The van der Waals surface area contributed by atoms with Crippen LogP contribution in [0.4, 0.5) is 23.9 Å². The van der Waals surface area contributed by atoms with E-state index in [2.05, 4.69) is 15.0 Å². The van der Waals surface area contributed by atoms with Gasteiger partial charge in [-0.1, -0.05) is 0 Å². The van der Waals surface area contributed by atoms with Crippen molar-refractivity contribution in [2.45, 2.75) is 26.1 Å². The molecule has 10 heteroatoms. The standard InChI is InChI=1S/C16H16F3N3O3S/c1-8-12(14(20-3)26-22-8)15(24)25-9(2)13(23)21-11-6-4-10(5-7-11)16(17,18)19/h4-7,9,20H,1-3H3,(H,21,23). The van der Waals surface area contributed by atoms with E-state index < -0.39 is 29.7 Å². The first kappa shape index (κ1) is 19.7. The van der Waals surface area contributed by atoms with Crippen LogP contribution in [0.3, 0.4) is 0 Å². The van der Waals surface area contributed by atoms with E-state index in [1.165, 1.54) is 6.92 Å². The first-order valence-electron chi connectivity index (χ1n) is 7.46. The van der Waals surface area contributed by atoms with Crippen molar-refractivity contribution in [3.05, 3.63) is 41.1 Å². The van der Waals surface area contributed by atoms with E-state index in [-0.39, 0.29) is 11.3 Å². The van der Waals surface area contributed by atoms with Gasteiger partial charge in [0, 0.05) is 12.7 Å². The zero-order valence-electron chi connectivity index (χ0n) is 14.1. The Morgan fingerprint density at radius 3 is 2.38 bits per heavy atom. The summed E-state index contributed by atoms with van der Waals surface area (Å²) in [5, 5.41) is 5.74. The molecule has 1 aromatic carbocycles. The summed E-state index contributed by atoms with van der Waals surface area (Å²) in [6.45, 7) is 3.01. The van der Waals surface area contributed by atoms with Crippen molar-refractivity contribution < 1.29 is 27.5 Å². The minimum absolute atomic E-state index is 0.162. The highest BCUT2D eigenvalue weighted by Gasteiger charge is 2.30. The van der Waals surface area contributed by atoms with Crippen molar-refractivity contribution in [2.75, 3.05) is 17.7 Å². The molecule has 0 spiro atoms. The minimum atomic E-state index is -4.46. The predicted octanol–water partition coefficient (Wildman–Crippen LogP) is 3.70. The van der Waals surface area contributed by atoms with Crippen molar-refractivity contribution in [3.63, 3.8) is 0 Å². The molecule has 2 rings (SSSR count). The third-order valence-electron chi connectivity index (χ3n) is 3.43. The maximum absolute atomic E-state index is 12.5. The van der Waals surface area contributed by atoms with E-state index in [1.54, 1.807) is 14.0 Å². The molecule has 0 aliphatic heterocycles. The molecular weight excluding hydrogens is 371 g/mol. The lowest BCUT2D eigenvalue weighted by molar-refractivity contribution is -0.137. The number of carbonyl (C=O) groups is 2. The maximum atomic E-state index is 12.5. The second-order valence-corrected chi connectivity index (χ2v) is 6.11. The van der Waals surface area contributed by atoms with Gasteiger partial charge in [0.25, 0.3) is 5.91 Å². The van der Waals surface area contributed by atoms with Crippen molar-refractivity contribution in [1.29, 1.82) is 0 Å². The van der Waals surface area contributed by atoms with Crippen LogP contribution < -0.4 is 10.6 Å². The highest BCUT2D eigenvalue weighted by molar-refractivity contribution is 7.10. The first-order valence-corrected chi connectivity index (χ1v) is 8.24. The van der Waals surface area contributed by atoms with Crippen molar-refractivity contribution >= 4 is 34.1 Å². The Balaban J connectivity index is 2.01. The number of hydrogen-bond acceptors (Lipinski definition) is 6. The van der Waals surface area contributed by atoms with E-state index in [0.29, 0.717) is 10.7 Å². The first-order chi connectivity index (χ1) is 12.1. The lowest BCUT2D eigenvalue weighted by Crippen LogP contribution is -2.30. The molecule has 1 atom stereocenters. The Bertz CT molecular complexity index is 803. The maximum Gasteiger partial charge on any atom is 0.416 e. The number of amides is 1. The molecule has 0 aliphatic carbocycles. The van der Waals surface area contributed by atoms with Gasteiger partial charge in [-0.3, -0.25) is 4.79 Å². The molecule has 0 aliphatic rings. The summed E-state index contributed by atoms with van der Waals surface area (Å²) in [6.07, 6.45) is -5.60. The number of aromatic nitrogens is 1. The zero-order valence-corrected chi connectivity index (χ0v) is 14.9. The average molecular weight is 387 g/mol. The number of nitrogens with one attached hydrogen (secondary N) is 2. The molecule has 6 nitrogen and oxygen atoms in total. The molecule has 26 heavy (non-hydrogen) atoms. The highest BCUT2D eigenvalue weighted by atomic mass is 32.1. The third kappa shape index (κ3) is 4.51. The molecule has 1 heterocycles. The van der Waals surface area contributed by atoms with Crippen molar-refractivity contribution in [2.24, 2.45) is 0 Å². The number of rotatable bonds is 5. The van der Waals surface area contributed by atoms with Gasteiger partial charge in [0.15, 0.2) is 6.10 Å². The highest BCUT2D eigenvalue weighted by Crippen LogP contribution is 2.30. The lowest BCUT2D eigenvalue weighted by atomic mass is 10.2. The second kappa shape index (κ2) is 7.73. The molecule has 0 radical (unpaired) electrons. The van der Waals surface area contributed by atoms with Crippen LogP contribution in [0, 0.1) is 6.92 Å². The van der Waals surface area contributed by atoms with E-state index in [0.717, 1.165) is 35.8 Å². The molecule has 1 unspecified atom stereocenters. The van der Waals surface area contributed by atoms with Crippen LogP contribution in [-0.2, 0) is 15.7 Å². The summed E-state index contributed by atoms with van der Waals surface area (Å²) in [4.78, 5) is 24.3. The number of ether oxygens (including phenoxy) is 1. The third-order valence-corrected chi connectivity index (χ3v) is 4.38. The number of esters is 1. The fraction of sp³-hybridized carbons (Fsp3) is 0.312. The van der Waals surface area contributed by atoms with Crippen LogP contribution in [0.25, 0.3) is 0 Å². The van der Waals surface area contributed by atoms with Crippen LogP contribution in [0.1, 0.15) is 28.5 Å². The van der Waals surface area contributed by atoms with E-state index in [4.69, 9.17) is 4.74 Å². The SMILES string of the molecule is CNc1snc(C)c1C(=O)OC(C)C(=O)Nc1ccc(C(F)(F)F)cc1. The summed E-state index contributed by atoms with van der Waals surface area (Å²) < 4.78 is 46.8. The topological polar surface area (TPSA) is 80.3 Å². The van der Waals surface area contributed by atoms with Gasteiger partial charge in [0.2, 0.25) is 0 Å². The average Bonchev–Trinajstić information content (AvgIpc) is 2.95. The number of carbonyl (C=O) groups excluding carboxylic acids is 2. The summed E-state index contributed by atoms with van der Waals surface area (Å²) in [5.74, 6) is -1.37. The molecule has 0 fully saturated rings. The Labute approximate surface area is 151 Å². The van der Waals surface area contributed by atoms with Gasteiger partial charge in [-0.15, -0.1) is 0 Å². The number of hydrogen-bond donors (Lipinski definition) is 2. The predicted molar refractivity (Wildman–Crippen MR) is 91.3 cm³/mol. The molecule has 0 saturated carbocycles. The minimum Gasteiger partial charge on any atom is -0.449 e. The molecule has 1 aromatic heterocycles. The van der Waals surface area contributed by atoms with Crippen LogP contribution in [-0.4, -0.2) is 29.4 Å². The number of halogens is 3. The van der Waals surface area contributed by atoms with E-state index >= 15 is 0 Å². The fourth-order valence-electron chi connectivity index (χ4n) is 2.04. The largest absolute Gasteiger partial charge is 0.449 e. The van der Waals surface area contributed by atoms with Crippen LogP contribution in [0.2, 0.25) is 0 Å². The van der Waals surface area contributed by atoms with E-state index in [1.807, 2.05) is 0 Å². The molecule has 140 valence electrons. The summed E-state index contributed by atoms with van der Waals surface area (Å²) in [6, 6.07) is 3.96. The normalized spacial score (nSPS) is 12.4. The summed E-state index contributed by atoms with van der Waals surface area (Å²) >= 11 is 1.09. The Morgan fingerprint density at radius 1 is 1.23 bits per heavy atom. The number of aryl methyl sites for hydroxylation is 1. The quantitative estimate of drug-likeness (QED) is 0.765. The molecule has 0 bridgehead atoms. The van der Waals surface area contributed by atoms with Crippen molar-refractivity contribution in [3.8, 4) is 0 Å². The van der Waals surface area contributed by atoms with Gasteiger partial charge in [0.05, 0.1) is 11.3 Å². The van der Waals surface area contributed by atoms with Crippen LogP contribution in [0.5, 0.6) is 0 Å². The van der Waals surface area contributed by atoms with Gasteiger partial charge in [0.1, 0.15) is 10.6 Å². The van der Waals surface area contributed by atoms with Crippen LogP contribution >= 0.6 is 11.5 Å². The van der Waals surface area contributed by atoms with Crippen molar-refractivity contribution in [1.82, 2.24) is 4.37 Å². The Hall–Kier alpha value is -2.62. The molecule has 2 N–H and O–H groups in total. The monoisotopic (exact) mass is 387 g/mol. The fourth-order valence-corrected chi connectivity index (χ4v) is 2.77. The summed E-state index contributed by atoms with van der Waals surface area (Å²) in [7, 11) is 1.63. The zero-order chi connectivity index (χ0) is 19.5. The Kier molecular flexibility index (Phi) is 5.86. The number of benzene rings is 1. The van der Waals surface area contributed by atoms with Gasteiger partial charge in [-0.05, 0) is 49.6 Å². The van der Waals surface area contributed by atoms with Gasteiger partial charge < -0.3 is 15.4 Å². The smallest absolute Gasteiger partial charge is 0.416 e. The number of nitrogens with zero attached hydrogens (tertiary/aromatic N) is 1. The van der Waals surface area contributed by atoms with Gasteiger partial charge in [-0.2, -0.15) is 17.5 Å². The number of alkyl halides is 3. The second-order valence-electron chi connectivity index (χ2n) is 5.33.